The van der Waals surface area contributed by atoms with Crippen LogP contribution in [0.5, 0.6) is 0 Å². The molecular weight excluding hydrogens is 458 g/mol. The van der Waals surface area contributed by atoms with Gasteiger partial charge in [-0.05, 0) is 17.7 Å². The van der Waals surface area contributed by atoms with Gasteiger partial charge < -0.3 is 0 Å². The number of halogens is 1. The molecule has 0 radical (unpaired) electrons. The Bertz CT molecular complexity index is 1160. The molecule has 0 bridgehead atoms. The third kappa shape index (κ3) is 5.10. The molecule has 0 atom stereocenters. The van der Waals surface area contributed by atoms with E-state index >= 15 is 0 Å². The second-order valence-electron chi connectivity index (χ2n) is 6.97. The fraction of sp³-hybridized carbons (Fsp3) is 0.250. The van der Waals surface area contributed by atoms with Crippen LogP contribution in [0.4, 0.5) is 5.13 Å². The van der Waals surface area contributed by atoms with Crippen molar-refractivity contribution < 1.29 is 13.2 Å². The Morgan fingerprint density at radius 1 is 1.00 bits per heavy atom. The van der Waals surface area contributed by atoms with Crippen LogP contribution >= 0.6 is 22.9 Å². The van der Waals surface area contributed by atoms with E-state index in [4.69, 9.17) is 11.6 Å². The predicted octanol–water partition coefficient (Wildman–Crippen LogP) is 2.95. The van der Waals surface area contributed by atoms with Gasteiger partial charge in [0.2, 0.25) is 9.47 Å². The van der Waals surface area contributed by atoms with Gasteiger partial charge in [-0.25, -0.2) is 8.42 Å². The van der Waals surface area contributed by atoms with E-state index in [1.807, 2.05) is 18.2 Å². The fourth-order valence-electron chi connectivity index (χ4n) is 3.25. The lowest BCUT2D eigenvalue weighted by molar-refractivity contribution is 0.102. The number of benzene rings is 2. The van der Waals surface area contributed by atoms with E-state index in [0.717, 1.165) is 17.9 Å². The molecule has 0 spiro atoms. The van der Waals surface area contributed by atoms with Crippen molar-refractivity contribution in [3.63, 3.8) is 0 Å². The first-order valence-electron chi connectivity index (χ1n) is 9.59. The van der Waals surface area contributed by atoms with Crippen LogP contribution in [0, 0.1) is 0 Å². The molecule has 1 aliphatic heterocycles. The third-order valence-electron chi connectivity index (χ3n) is 4.89. The molecule has 4 rings (SSSR count). The summed E-state index contributed by atoms with van der Waals surface area (Å²) in [6.45, 7) is 2.78. The van der Waals surface area contributed by atoms with Crippen LogP contribution in [0.1, 0.15) is 15.9 Å². The summed E-state index contributed by atoms with van der Waals surface area (Å²) < 4.78 is 27.2. The number of aromatic nitrogens is 2. The minimum atomic E-state index is -3.77. The molecule has 11 heteroatoms. The number of hydrogen-bond donors (Lipinski definition) is 1. The van der Waals surface area contributed by atoms with Crippen molar-refractivity contribution in [1.29, 1.82) is 0 Å². The number of piperazine rings is 1. The molecule has 1 aliphatic rings. The number of carbonyl (C=O) groups is 1. The predicted molar refractivity (Wildman–Crippen MR) is 120 cm³/mol. The van der Waals surface area contributed by atoms with E-state index < -0.39 is 15.9 Å². The van der Waals surface area contributed by atoms with E-state index in [0.29, 0.717) is 31.2 Å². The lowest BCUT2D eigenvalue weighted by Crippen LogP contribution is -2.48. The highest BCUT2D eigenvalue weighted by Gasteiger charge is 2.31. The van der Waals surface area contributed by atoms with Crippen molar-refractivity contribution in [2.75, 3.05) is 31.5 Å². The lowest BCUT2D eigenvalue weighted by Gasteiger charge is -2.33. The Kier molecular flexibility index (Phi) is 6.63. The van der Waals surface area contributed by atoms with Gasteiger partial charge in [-0.15, -0.1) is 10.2 Å². The molecule has 3 aromatic rings. The monoisotopic (exact) mass is 477 g/mol. The van der Waals surface area contributed by atoms with Gasteiger partial charge in [-0.1, -0.05) is 65.4 Å². The summed E-state index contributed by atoms with van der Waals surface area (Å²) in [6.07, 6.45) is 0. The summed E-state index contributed by atoms with van der Waals surface area (Å²) in [7, 11) is -3.77. The number of rotatable bonds is 6. The zero-order valence-corrected chi connectivity index (χ0v) is 18.8. The van der Waals surface area contributed by atoms with Crippen molar-refractivity contribution in [2.24, 2.45) is 0 Å². The Morgan fingerprint density at radius 3 is 2.39 bits per heavy atom. The van der Waals surface area contributed by atoms with E-state index in [-0.39, 0.29) is 15.0 Å². The van der Waals surface area contributed by atoms with Crippen LogP contribution in [0.15, 0.2) is 58.9 Å². The quantitative estimate of drug-likeness (QED) is 0.548. The van der Waals surface area contributed by atoms with Crippen molar-refractivity contribution >= 4 is 44.0 Å². The summed E-state index contributed by atoms with van der Waals surface area (Å²) in [5, 5.41) is 10.6. The topological polar surface area (TPSA) is 95.5 Å². The van der Waals surface area contributed by atoms with Gasteiger partial charge in [0.05, 0.1) is 10.6 Å². The van der Waals surface area contributed by atoms with E-state index in [2.05, 4.69) is 32.5 Å². The van der Waals surface area contributed by atoms with E-state index in [1.165, 1.54) is 9.87 Å². The smallest absolute Gasteiger partial charge is 0.272 e. The molecule has 0 unspecified atom stereocenters. The van der Waals surface area contributed by atoms with E-state index in [9.17, 15) is 13.2 Å². The molecule has 1 saturated heterocycles. The average Bonchev–Trinajstić information content (AvgIpc) is 3.24. The molecule has 1 amide bonds. The first-order chi connectivity index (χ1) is 14.9. The molecule has 2 heterocycles. The molecule has 0 aliphatic carbocycles. The van der Waals surface area contributed by atoms with Crippen molar-refractivity contribution in [3.8, 4) is 0 Å². The molecule has 162 valence electrons. The minimum Gasteiger partial charge on any atom is -0.296 e. The van der Waals surface area contributed by atoms with Gasteiger partial charge in [0.1, 0.15) is 0 Å². The zero-order chi connectivity index (χ0) is 21.8. The number of nitrogens with one attached hydrogen (secondary N) is 1. The molecule has 8 nitrogen and oxygen atoms in total. The summed E-state index contributed by atoms with van der Waals surface area (Å²) >= 11 is 6.85. The normalized spacial score (nSPS) is 15.6. The van der Waals surface area contributed by atoms with Crippen molar-refractivity contribution in [1.82, 2.24) is 19.4 Å². The maximum atomic E-state index is 13.0. The van der Waals surface area contributed by atoms with Gasteiger partial charge in [0, 0.05) is 32.7 Å². The van der Waals surface area contributed by atoms with Crippen LogP contribution in [0.2, 0.25) is 5.02 Å². The maximum Gasteiger partial charge on any atom is 0.272 e. The van der Waals surface area contributed by atoms with Gasteiger partial charge in [0.15, 0.2) is 0 Å². The molecule has 0 saturated carbocycles. The van der Waals surface area contributed by atoms with Gasteiger partial charge >= 0.3 is 0 Å². The number of sulfonamides is 1. The van der Waals surface area contributed by atoms with Crippen molar-refractivity contribution in [2.45, 2.75) is 10.9 Å². The fourth-order valence-corrected chi connectivity index (χ4v) is 5.93. The van der Waals surface area contributed by atoms with Crippen LogP contribution in [-0.2, 0) is 16.6 Å². The first kappa shape index (κ1) is 21.8. The van der Waals surface area contributed by atoms with Gasteiger partial charge in [-0.3, -0.25) is 15.0 Å². The van der Waals surface area contributed by atoms with E-state index in [1.54, 1.807) is 24.3 Å². The largest absolute Gasteiger partial charge is 0.296 e. The summed E-state index contributed by atoms with van der Waals surface area (Å²) in [5.41, 5.74) is 1.47. The molecule has 31 heavy (non-hydrogen) atoms. The number of nitrogens with zero attached hydrogens (tertiary/aromatic N) is 4. The van der Waals surface area contributed by atoms with Gasteiger partial charge in [-0.2, -0.15) is 4.31 Å². The standard InChI is InChI=1S/C20H20ClN5O3S2/c21-17-9-5-4-8-16(17)18(27)22-19-23-24-20(30-19)31(28,29)26-12-10-25(11-13-26)14-15-6-2-1-3-7-15/h1-9H,10-14H2,(H,22,23,27). The highest BCUT2D eigenvalue weighted by Crippen LogP contribution is 2.25. The molecule has 1 aromatic heterocycles. The molecular formula is C20H20ClN5O3S2. The number of anilines is 1. The Morgan fingerprint density at radius 2 is 1.68 bits per heavy atom. The lowest BCUT2D eigenvalue weighted by atomic mass is 10.2. The number of hydrogen-bond acceptors (Lipinski definition) is 7. The van der Waals surface area contributed by atoms with Crippen LogP contribution in [-0.4, -0.2) is 59.9 Å². The number of carbonyl (C=O) groups excluding carboxylic acids is 1. The minimum absolute atomic E-state index is 0.103. The highest BCUT2D eigenvalue weighted by atomic mass is 35.5. The van der Waals surface area contributed by atoms with Crippen LogP contribution in [0.25, 0.3) is 0 Å². The average molecular weight is 478 g/mol. The second kappa shape index (κ2) is 9.41. The first-order valence-corrected chi connectivity index (χ1v) is 12.2. The summed E-state index contributed by atoms with van der Waals surface area (Å²) in [6, 6.07) is 16.7. The summed E-state index contributed by atoms with van der Waals surface area (Å²) in [5.74, 6) is -0.472. The highest BCUT2D eigenvalue weighted by molar-refractivity contribution is 7.91. The SMILES string of the molecule is O=C(Nc1nnc(S(=O)(=O)N2CCN(Cc3ccccc3)CC2)s1)c1ccccc1Cl. The van der Waals surface area contributed by atoms with Crippen LogP contribution in [0.3, 0.4) is 0 Å². The van der Waals surface area contributed by atoms with Crippen LogP contribution < -0.4 is 5.32 Å². The molecule has 2 aromatic carbocycles. The molecule has 1 fully saturated rings. The van der Waals surface area contributed by atoms with Crippen molar-refractivity contribution in [3.05, 3.63) is 70.7 Å². The zero-order valence-electron chi connectivity index (χ0n) is 16.4. The maximum absolute atomic E-state index is 13.0. The summed E-state index contributed by atoms with van der Waals surface area (Å²) in [4.78, 5) is 14.6. The number of amides is 1. The third-order valence-corrected chi connectivity index (χ3v) is 8.30. The Balaban J connectivity index is 1.38. The second-order valence-corrected chi connectivity index (χ2v) is 10.5. The van der Waals surface area contributed by atoms with Gasteiger partial charge in [0.25, 0.3) is 15.9 Å². The Labute approximate surface area is 189 Å². The molecule has 1 N–H and O–H groups in total. The Hall–Kier alpha value is -2.37.